The van der Waals surface area contributed by atoms with Crippen LogP contribution in [0.4, 0.5) is 0 Å². The second kappa shape index (κ2) is 7.84. The minimum Gasteiger partial charge on any atom is -0.489 e. The fourth-order valence-corrected chi connectivity index (χ4v) is 3.65. The van der Waals surface area contributed by atoms with Gasteiger partial charge in [0.15, 0.2) is 0 Å². The highest BCUT2D eigenvalue weighted by atomic mass is 16.5. The fourth-order valence-electron chi connectivity index (χ4n) is 3.65. The van der Waals surface area contributed by atoms with Crippen molar-refractivity contribution in [2.24, 2.45) is 11.7 Å². The largest absolute Gasteiger partial charge is 0.489 e. The summed E-state index contributed by atoms with van der Waals surface area (Å²) >= 11 is 0. The van der Waals surface area contributed by atoms with Gasteiger partial charge in [-0.3, -0.25) is 4.79 Å². The van der Waals surface area contributed by atoms with Crippen LogP contribution >= 0.6 is 0 Å². The maximum atomic E-state index is 11.8. The fraction of sp³-hybridized carbons (Fsp3) is 0.318. The Kier molecular flexibility index (Phi) is 5.12. The van der Waals surface area contributed by atoms with Crippen LogP contribution in [0.1, 0.15) is 6.42 Å². The first-order chi connectivity index (χ1) is 13.2. The number of allylic oxidation sites excluding steroid dienone is 2. The van der Waals surface area contributed by atoms with Crippen molar-refractivity contribution in [2.75, 3.05) is 32.9 Å². The van der Waals surface area contributed by atoms with Crippen LogP contribution in [0.3, 0.4) is 0 Å². The first-order valence-electron chi connectivity index (χ1n) is 9.33. The predicted molar refractivity (Wildman–Crippen MR) is 105 cm³/mol. The minimum absolute atomic E-state index is 0.389. The maximum Gasteiger partial charge on any atom is 0.264 e. The third kappa shape index (κ3) is 4.14. The standard InChI is InChI=1S/C22H24N2O3/c23-22(25)21-8-5-16(12-24(21)13-17-9-10-26-14-17)15-27-20-7-6-18-3-1-2-4-19(18)11-20/h1-8,11,17H,9-10,12-15H2,(H2,23,25). The molecule has 1 amide bonds. The van der Waals surface area contributed by atoms with E-state index in [0.29, 0.717) is 24.8 Å². The molecule has 5 nitrogen and oxygen atoms in total. The van der Waals surface area contributed by atoms with E-state index in [1.807, 2.05) is 24.3 Å². The number of hydrogen-bond donors (Lipinski definition) is 1. The summed E-state index contributed by atoms with van der Waals surface area (Å²) in [4.78, 5) is 13.8. The Bertz CT molecular complexity index is 897. The van der Waals surface area contributed by atoms with Gasteiger partial charge in [-0.05, 0) is 41.0 Å². The van der Waals surface area contributed by atoms with E-state index in [1.54, 1.807) is 6.08 Å². The molecule has 0 spiro atoms. The van der Waals surface area contributed by atoms with E-state index in [9.17, 15) is 4.79 Å². The molecule has 0 aromatic heterocycles. The summed E-state index contributed by atoms with van der Waals surface area (Å²) in [6.45, 7) is 3.45. The van der Waals surface area contributed by atoms with Gasteiger partial charge in [0.25, 0.3) is 5.91 Å². The summed E-state index contributed by atoms with van der Waals surface area (Å²) in [5, 5.41) is 2.35. The number of fused-ring (bicyclic) bond motifs is 1. The van der Waals surface area contributed by atoms with Crippen molar-refractivity contribution < 1.29 is 14.3 Å². The lowest BCUT2D eigenvalue weighted by atomic mass is 10.0. The number of rotatable bonds is 6. The van der Waals surface area contributed by atoms with Gasteiger partial charge < -0.3 is 20.1 Å². The molecule has 0 radical (unpaired) electrons. The van der Waals surface area contributed by atoms with Gasteiger partial charge in [0.1, 0.15) is 18.1 Å². The number of nitrogens with two attached hydrogens (primary N) is 1. The molecule has 2 aromatic carbocycles. The van der Waals surface area contributed by atoms with Gasteiger partial charge in [0.2, 0.25) is 0 Å². The zero-order chi connectivity index (χ0) is 18.6. The van der Waals surface area contributed by atoms with Gasteiger partial charge >= 0.3 is 0 Å². The summed E-state index contributed by atoms with van der Waals surface area (Å²) in [5.74, 6) is 0.892. The Hall–Kier alpha value is -2.79. The number of amides is 1. The summed E-state index contributed by atoms with van der Waals surface area (Å²) in [6.07, 6.45) is 4.78. The summed E-state index contributed by atoms with van der Waals surface area (Å²) < 4.78 is 11.5. The molecule has 0 saturated carbocycles. The highest BCUT2D eigenvalue weighted by molar-refractivity contribution is 5.92. The number of ether oxygens (including phenoxy) is 2. The van der Waals surface area contributed by atoms with Crippen molar-refractivity contribution in [1.29, 1.82) is 0 Å². The summed E-state index contributed by atoms with van der Waals surface area (Å²) in [5.41, 5.74) is 7.24. The lowest BCUT2D eigenvalue weighted by Gasteiger charge is -2.31. The maximum absolute atomic E-state index is 11.8. The molecule has 1 unspecified atom stereocenters. The average molecular weight is 364 g/mol. The van der Waals surface area contributed by atoms with Crippen molar-refractivity contribution >= 4 is 16.7 Å². The molecule has 2 aromatic rings. The summed E-state index contributed by atoms with van der Waals surface area (Å²) in [7, 11) is 0. The minimum atomic E-state index is -0.389. The predicted octanol–water partition coefficient (Wildman–Crippen LogP) is 2.87. The molecule has 4 rings (SSSR count). The smallest absolute Gasteiger partial charge is 0.264 e. The third-order valence-corrected chi connectivity index (χ3v) is 5.11. The van der Waals surface area contributed by atoms with E-state index in [1.165, 1.54) is 5.39 Å². The Labute approximate surface area is 159 Å². The molecule has 1 fully saturated rings. The number of carbonyl (C=O) groups excluding carboxylic acids is 1. The molecule has 2 heterocycles. The normalized spacial score (nSPS) is 19.7. The Morgan fingerprint density at radius 3 is 2.81 bits per heavy atom. The molecular formula is C22H24N2O3. The molecule has 140 valence electrons. The molecule has 0 bridgehead atoms. The van der Waals surface area contributed by atoms with Crippen LogP contribution in [0.2, 0.25) is 0 Å². The molecule has 27 heavy (non-hydrogen) atoms. The average Bonchev–Trinajstić information content (AvgIpc) is 3.19. The number of hydrogen-bond acceptors (Lipinski definition) is 4. The third-order valence-electron chi connectivity index (χ3n) is 5.11. The lowest BCUT2D eigenvalue weighted by molar-refractivity contribution is -0.116. The second-order valence-corrected chi connectivity index (χ2v) is 7.15. The van der Waals surface area contributed by atoms with Crippen LogP contribution in [0.25, 0.3) is 10.8 Å². The molecule has 5 heteroatoms. The first-order valence-corrected chi connectivity index (χ1v) is 9.33. The Balaban J connectivity index is 1.43. The topological polar surface area (TPSA) is 64.8 Å². The van der Waals surface area contributed by atoms with Gasteiger partial charge in [-0.25, -0.2) is 0 Å². The molecule has 0 aliphatic carbocycles. The van der Waals surface area contributed by atoms with Crippen LogP contribution in [0, 0.1) is 5.92 Å². The molecule has 2 aliphatic rings. The number of primary amides is 1. The molecule has 2 N–H and O–H groups in total. The van der Waals surface area contributed by atoms with Crippen molar-refractivity contribution in [3.8, 4) is 5.75 Å². The monoisotopic (exact) mass is 364 g/mol. The van der Waals surface area contributed by atoms with Crippen molar-refractivity contribution in [2.45, 2.75) is 6.42 Å². The SMILES string of the molecule is NC(=O)C1=CC=C(COc2ccc3ccccc3c2)CN1CC1CCOC1. The lowest BCUT2D eigenvalue weighted by Crippen LogP contribution is -2.38. The van der Waals surface area contributed by atoms with Crippen LogP contribution in [-0.4, -0.2) is 43.7 Å². The van der Waals surface area contributed by atoms with Crippen LogP contribution in [0.5, 0.6) is 5.75 Å². The highest BCUT2D eigenvalue weighted by Crippen LogP contribution is 2.23. The highest BCUT2D eigenvalue weighted by Gasteiger charge is 2.25. The van der Waals surface area contributed by atoms with Gasteiger partial charge in [-0.1, -0.05) is 36.4 Å². The van der Waals surface area contributed by atoms with Gasteiger partial charge in [-0.2, -0.15) is 0 Å². The molecule has 1 saturated heterocycles. The second-order valence-electron chi connectivity index (χ2n) is 7.15. The van der Waals surface area contributed by atoms with E-state index in [4.69, 9.17) is 15.2 Å². The van der Waals surface area contributed by atoms with Gasteiger partial charge in [0, 0.05) is 25.6 Å². The quantitative estimate of drug-likeness (QED) is 0.856. The van der Waals surface area contributed by atoms with Crippen molar-refractivity contribution in [1.82, 2.24) is 4.90 Å². The molecule has 2 aliphatic heterocycles. The van der Waals surface area contributed by atoms with Crippen molar-refractivity contribution in [3.63, 3.8) is 0 Å². The Morgan fingerprint density at radius 2 is 2.04 bits per heavy atom. The van der Waals surface area contributed by atoms with E-state index < -0.39 is 0 Å². The van der Waals surface area contributed by atoms with E-state index in [0.717, 1.165) is 42.9 Å². The van der Waals surface area contributed by atoms with Gasteiger partial charge in [-0.15, -0.1) is 0 Å². The van der Waals surface area contributed by atoms with E-state index >= 15 is 0 Å². The Morgan fingerprint density at radius 1 is 1.19 bits per heavy atom. The van der Waals surface area contributed by atoms with Gasteiger partial charge in [0.05, 0.1) is 6.61 Å². The molecule has 1 atom stereocenters. The van der Waals surface area contributed by atoms with Crippen LogP contribution in [-0.2, 0) is 9.53 Å². The first kappa shape index (κ1) is 17.6. The van der Waals surface area contributed by atoms with E-state index in [2.05, 4.69) is 29.2 Å². The van der Waals surface area contributed by atoms with Crippen LogP contribution < -0.4 is 10.5 Å². The zero-order valence-corrected chi connectivity index (χ0v) is 15.3. The number of nitrogens with zero attached hydrogens (tertiary/aromatic N) is 1. The van der Waals surface area contributed by atoms with Crippen molar-refractivity contribution in [3.05, 3.63) is 65.9 Å². The van der Waals surface area contributed by atoms with Crippen LogP contribution in [0.15, 0.2) is 65.9 Å². The zero-order valence-electron chi connectivity index (χ0n) is 15.3. The number of carbonyl (C=O) groups is 1. The number of benzene rings is 2. The van der Waals surface area contributed by atoms with E-state index in [-0.39, 0.29) is 5.91 Å². The summed E-state index contributed by atoms with van der Waals surface area (Å²) in [6, 6.07) is 14.3. The molecular weight excluding hydrogens is 340 g/mol.